The minimum atomic E-state index is -0.457. The highest BCUT2D eigenvalue weighted by molar-refractivity contribution is 5.78. The van der Waals surface area contributed by atoms with Gasteiger partial charge in [0.1, 0.15) is 0 Å². The van der Waals surface area contributed by atoms with E-state index in [2.05, 4.69) is 25.4 Å². The van der Waals surface area contributed by atoms with Crippen LogP contribution in [0.15, 0.2) is 18.5 Å². The molecule has 9 heteroatoms. The first kappa shape index (κ1) is 14.7. The maximum absolute atomic E-state index is 11.0. The van der Waals surface area contributed by atoms with Crippen LogP contribution in [0.1, 0.15) is 13.3 Å². The zero-order chi connectivity index (χ0) is 15.2. The molecule has 21 heavy (non-hydrogen) atoms. The number of nitrogens with two attached hydrogens (primary N) is 1. The molecule has 2 aromatic rings. The van der Waals surface area contributed by atoms with Gasteiger partial charge in [-0.1, -0.05) is 6.92 Å². The van der Waals surface area contributed by atoms with Crippen LogP contribution in [0.25, 0.3) is 5.95 Å². The van der Waals surface area contributed by atoms with Crippen molar-refractivity contribution in [3.63, 3.8) is 0 Å². The second-order valence-corrected chi connectivity index (χ2v) is 4.46. The molecule has 3 N–H and O–H groups in total. The van der Waals surface area contributed by atoms with Crippen LogP contribution in [-0.2, 0) is 4.79 Å². The molecule has 0 bridgehead atoms. The molecule has 2 rings (SSSR count). The molecule has 0 spiro atoms. The number of aromatic nitrogens is 5. The Balaban J connectivity index is 2.34. The van der Waals surface area contributed by atoms with E-state index in [9.17, 15) is 4.79 Å². The molecular formula is C12H18N8O. The van der Waals surface area contributed by atoms with Gasteiger partial charge in [-0.05, 0) is 12.5 Å². The topological polar surface area (TPSA) is 115 Å². The van der Waals surface area contributed by atoms with E-state index in [1.165, 1.54) is 4.68 Å². The number of hydrogen-bond acceptors (Lipinski definition) is 7. The summed E-state index contributed by atoms with van der Waals surface area (Å²) in [5.74, 6) is 0.707. The predicted molar refractivity (Wildman–Crippen MR) is 78.2 cm³/mol. The fourth-order valence-corrected chi connectivity index (χ4v) is 1.63. The monoisotopic (exact) mass is 290 g/mol. The molecule has 2 heterocycles. The number of carbonyl (C=O) groups excluding carboxylic acids is 1. The van der Waals surface area contributed by atoms with Gasteiger partial charge in [-0.3, -0.25) is 4.79 Å². The molecule has 2 aromatic heterocycles. The minimum Gasteiger partial charge on any atom is -0.368 e. The zero-order valence-corrected chi connectivity index (χ0v) is 12.0. The maximum Gasteiger partial charge on any atom is 0.257 e. The Kier molecular flexibility index (Phi) is 4.64. The van der Waals surface area contributed by atoms with Gasteiger partial charge in [-0.25, -0.2) is 4.68 Å². The highest BCUT2D eigenvalue weighted by Gasteiger charge is 2.13. The van der Waals surface area contributed by atoms with Gasteiger partial charge in [-0.2, -0.15) is 20.1 Å². The van der Waals surface area contributed by atoms with Gasteiger partial charge in [0.05, 0.1) is 6.54 Å². The van der Waals surface area contributed by atoms with Crippen LogP contribution in [0.2, 0.25) is 0 Å². The van der Waals surface area contributed by atoms with Crippen molar-refractivity contribution in [2.75, 3.05) is 30.4 Å². The van der Waals surface area contributed by atoms with Gasteiger partial charge < -0.3 is 16.0 Å². The number of likely N-dealkylation sites (N-methyl/N-ethyl adjacent to an activating group) is 1. The normalized spacial score (nSPS) is 10.4. The van der Waals surface area contributed by atoms with Crippen molar-refractivity contribution < 1.29 is 4.79 Å². The molecule has 0 aromatic carbocycles. The second-order valence-electron chi connectivity index (χ2n) is 4.46. The predicted octanol–water partition coefficient (Wildman–Crippen LogP) is -0.199. The summed E-state index contributed by atoms with van der Waals surface area (Å²) in [5.41, 5.74) is 5.20. The first-order valence-electron chi connectivity index (χ1n) is 6.59. The van der Waals surface area contributed by atoms with Gasteiger partial charge in [-0.15, -0.1) is 0 Å². The van der Waals surface area contributed by atoms with Crippen molar-refractivity contribution in [1.82, 2.24) is 24.7 Å². The molecule has 0 aliphatic heterocycles. The molecule has 0 saturated carbocycles. The lowest BCUT2D eigenvalue weighted by atomic mass is 10.5. The summed E-state index contributed by atoms with van der Waals surface area (Å²) >= 11 is 0. The molecule has 112 valence electrons. The number of nitrogens with zero attached hydrogens (tertiary/aromatic N) is 6. The number of carbonyl (C=O) groups is 1. The molecule has 1 amide bonds. The van der Waals surface area contributed by atoms with Gasteiger partial charge in [0.2, 0.25) is 17.8 Å². The van der Waals surface area contributed by atoms with E-state index < -0.39 is 5.91 Å². The SMILES string of the molecule is CCCNc1nc(N(C)CC(N)=O)nc(-n2cccn2)n1. The van der Waals surface area contributed by atoms with Crippen LogP contribution >= 0.6 is 0 Å². The number of rotatable bonds is 7. The average Bonchev–Trinajstić information content (AvgIpc) is 2.98. The van der Waals surface area contributed by atoms with E-state index in [4.69, 9.17) is 5.73 Å². The van der Waals surface area contributed by atoms with Crippen LogP contribution in [0.5, 0.6) is 0 Å². The molecule has 0 saturated heterocycles. The third kappa shape index (κ3) is 3.88. The van der Waals surface area contributed by atoms with Gasteiger partial charge in [0.25, 0.3) is 5.95 Å². The van der Waals surface area contributed by atoms with Gasteiger partial charge in [0, 0.05) is 26.0 Å². The molecule has 0 aliphatic carbocycles. The first-order chi connectivity index (χ1) is 10.1. The Hall–Kier alpha value is -2.71. The first-order valence-corrected chi connectivity index (χ1v) is 6.59. The Morgan fingerprint density at radius 3 is 2.86 bits per heavy atom. The quantitative estimate of drug-likeness (QED) is 0.725. The fraction of sp³-hybridized carbons (Fsp3) is 0.417. The smallest absolute Gasteiger partial charge is 0.257 e. The molecule has 0 radical (unpaired) electrons. The number of amides is 1. The summed E-state index contributed by atoms with van der Waals surface area (Å²) in [6, 6.07) is 1.77. The van der Waals surface area contributed by atoms with Gasteiger partial charge in [0.15, 0.2) is 0 Å². The van der Waals surface area contributed by atoms with E-state index in [1.54, 1.807) is 30.4 Å². The number of nitrogens with one attached hydrogen (secondary N) is 1. The average molecular weight is 290 g/mol. The van der Waals surface area contributed by atoms with Crippen molar-refractivity contribution in [1.29, 1.82) is 0 Å². The number of primary amides is 1. The van der Waals surface area contributed by atoms with E-state index in [0.717, 1.165) is 13.0 Å². The van der Waals surface area contributed by atoms with Crippen LogP contribution < -0.4 is 16.0 Å². The van der Waals surface area contributed by atoms with Gasteiger partial charge >= 0.3 is 0 Å². The standard InChI is InChI=1S/C12H18N8O/c1-3-5-14-10-16-11(19(2)8-9(13)21)18-12(17-10)20-7-4-6-15-20/h4,6-7H,3,5,8H2,1-2H3,(H2,13,21)(H,14,16,17,18). The largest absolute Gasteiger partial charge is 0.368 e. The fourth-order valence-electron chi connectivity index (χ4n) is 1.63. The lowest BCUT2D eigenvalue weighted by Crippen LogP contribution is -2.32. The Labute approximate surface area is 122 Å². The Morgan fingerprint density at radius 2 is 2.24 bits per heavy atom. The molecule has 0 fully saturated rings. The summed E-state index contributed by atoms with van der Waals surface area (Å²) in [7, 11) is 1.69. The highest BCUT2D eigenvalue weighted by Crippen LogP contribution is 2.11. The van der Waals surface area contributed by atoms with Crippen LogP contribution in [-0.4, -0.2) is 50.8 Å². The van der Waals surface area contributed by atoms with Crippen molar-refractivity contribution >= 4 is 17.8 Å². The van der Waals surface area contributed by atoms with E-state index in [0.29, 0.717) is 17.8 Å². The summed E-state index contributed by atoms with van der Waals surface area (Å²) in [6.07, 6.45) is 4.31. The molecule has 0 unspecified atom stereocenters. The van der Waals surface area contributed by atoms with Crippen LogP contribution in [0.4, 0.5) is 11.9 Å². The summed E-state index contributed by atoms with van der Waals surface area (Å²) in [6.45, 7) is 2.81. The highest BCUT2D eigenvalue weighted by atomic mass is 16.1. The van der Waals surface area contributed by atoms with Crippen LogP contribution in [0, 0.1) is 0 Å². The minimum absolute atomic E-state index is 0.0236. The Morgan fingerprint density at radius 1 is 1.43 bits per heavy atom. The molecular weight excluding hydrogens is 272 g/mol. The van der Waals surface area contributed by atoms with Crippen molar-refractivity contribution in [2.24, 2.45) is 5.73 Å². The third-order valence-corrected chi connectivity index (χ3v) is 2.59. The Bertz CT molecular complexity index is 597. The van der Waals surface area contributed by atoms with E-state index >= 15 is 0 Å². The maximum atomic E-state index is 11.0. The molecule has 0 atom stereocenters. The van der Waals surface area contributed by atoms with E-state index in [1.807, 2.05) is 6.92 Å². The lowest BCUT2D eigenvalue weighted by Gasteiger charge is -2.16. The summed E-state index contributed by atoms with van der Waals surface area (Å²) in [5, 5.41) is 7.19. The number of hydrogen-bond donors (Lipinski definition) is 2. The second kappa shape index (κ2) is 6.64. The zero-order valence-electron chi connectivity index (χ0n) is 12.0. The van der Waals surface area contributed by atoms with Crippen molar-refractivity contribution in [3.8, 4) is 5.95 Å². The van der Waals surface area contributed by atoms with E-state index in [-0.39, 0.29) is 6.54 Å². The molecule has 9 nitrogen and oxygen atoms in total. The third-order valence-electron chi connectivity index (χ3n) is 2.59. The number of anilines is 2. The van der Waals surface area contributed by atoms with Crippen LogP contribution in [0.3, 0.4) is 0 Å². The lowest BCUT2D eigenvalue weighted by molar-refractivity contribution is -0.116. The summed E-state index contributed by atoms with van der Waals surface area (Å²) < 4.78 is 1.53. The van der Waals surface area contributed by atoms with Crippen molar-refractivity contribution in [3.05, 3.63) is 18.5 Å². The molecule has 0 aliphatic rings. The summed E-state index contributed by atoms with van der Waals surface area (Å²) in [4.78, 5) is 25.5. The van der Waals surface area contributed by atoms with Crippen molar-refractivity contribution in [2.45, 2.75) is 13.3 Å².